The second-order valence-corrected chi connectivity index (χ2v) is 4.60. The molecule has 0 heterocycles. The van der Waals surface area contributed by atoms with Crippen molar-refractivity contribution in [2.45, 2.75) is 4.90 Å². The van der Waals surface area contributed by atoms with Crippen LogP contribution in [-0.4, -0.2) is 8.42 Å². The molecule has 2 aromatic carbocycles. The van der Waals surface area contributed by atoms with Gasteiger partial charge in [0.1, 0.15) is 4.90 Å². The molecule has 0 unspecified atom stereocenters. The lowest BCUT2D eigenvalue weighted by molar-refractivity contribution is 0.553. The van der Waals surface area contributed by atoms with E-state index in [4.69, 9.17) is 5.53 Å². The Labute approximate surface area is 96.3 Å². The molecule has 0 bridgehead atoms. The predicted octanol–water partition coefficient (Wildman–Crippen LogP) is 3.44. The number of halogens is 1. The SMILES string of the molecule is [N-]=[N+]=Nc1ccc2c(S(=O)(=O)F)cccc2c1. The molecule has 0 amide bonds. The maximum Gasteiger partial charge on any atom is 0.332 e. The van der Waals surface area contributed by atoms with E-state index in [1.165, 1.54) is 30.3 Å². The number of hydrogen-bond donors (Lipinski definition) is 0. The Kier molecular flexibility index (Phi) is 2.71. The molecule has 0 spiro atoms. The topological polar surface area (TPSA) is 82.9 Å². The number of benzene rings is 2. The van der Waals surface area contributed by atoms with E-state index in [0.29, 0.717) is 11.1 Å². The zero-order chi connectivity index (χ0) is 12.5. The lowest BCUT2D eigenvalue weighted by Gasteiger charge is -2.02. The minimum absolute atomic E-state index is 0.256. The third-order valence-corrected chi connectivity index (χ3v) is 3.13. The van der Waals surface area contributed by atoms with Crippen LogP contribution in [0.3, 0.4) is 0 Å². The smallest absolute Gasteiger partial charge is 0.189 e. The zero-order valence-electron chi connectivity index (χ0n) is 8.41. The molecule has 0 aliphatic rings. The van der Waals surface area contributed by atoms with Gasteiger partial charge < -0.3 is 0 Å². The van der Waals surface area contributed by atoms with Gasteiger partial charge in [-0.2, -0.15) is 8.42 Å². The second kappa shape index (κ2) is 4.04. The number of nitrogens with zero attached hydrogens (tertiary/aromatic N) is 3. The highest BCUT2D eigenvalue weighted by atomic mass is 32.3. The van der Waals surface area contributed by atoms with Gasteiger partial charge in [-0.15, -0.1) is 3.89 Å². The first-order valence-corrected chi connectivity index (χ1v) is 5.93. The van der Waals surface area contributed by atoms with Crippen molar-refractivity contribution in [3.05, 3.63) is 46.8 Å². The summed E-state index contributed by atoms with van der Waals surface area (Å²) in [6.45, 7) is 0. The fourth-order valence-corrected chi connectivity index (χ4v) is 2.26. The molecule has 17 heavy (non-hydrogen) atoms. The third-order valence-electron chi connectivity index (χ3n) is 2.25. The summed E-state index contributed by atoms with van der Waals surface area (Å²) < 4.78 is 34.8. The number of hydrogen-bond acceptors (Lipinski definition) is 3. The van der Waals surface area contributed by atoms with Gasteiger partial charge in [0, 0.05) is 16.0 Å². The minimum atomic E-state index is -4.76. The normalized spacial score (nSPS) is 11.1. The van der Waals surface area contributed by atoms with E-state index in [2.05, 4.69) is 10.0 Å². The Morgan fingerprint density at radius 3 is 2.65 bits per heavy atom. The van der Waals surface area contributed by atoms with Crippen molar-refractivity contribution in [3.63, 3.8) is 0 Å². The highest BCUT2D eigenvalue weighted by molar-refractivity contribution is 7.86. The van der Waals surface area contributed by atoms with Crippen LogP contribution >= 0.6 is 0 Å². The van der Waals surface area contributed by atoms with E-state index in [1.54, 1.807) is 6.07 Å². The Morgan fingerprint density at radius 2 is 2.00 bits per heavy atom. The largest absolute Gasteiger partial charge is 0.332 e. The maximum absolute atomic E-state index is 13.0. The first kappa shape index (κ1) is 11.4. The van der Waals surface area contributed by atoms with Crippen molar-refractivity contribution in [2.75, 3.05) is 0 Å². The van der Waals surface area contributed by atoms with Crippen LogP contribution in [0, 0.1) is 0 Å². The Hall–Kier alpha value is -2.11. The summed E-state index contributed by atoms with van der Waals surface area (Å²) >= 11 is 0. The number of azide groups is 1. The van der Waals surface area contributed by atoms with E-state index in [0.717, 1.165) is 0 Å². The first-order valence-electron chi connectivity index (χ1n) is 4.55. The Balaban J connectivity index is 2.80. The van der Waals surface area contributed by atoms with Crippen LogP contribution in [-0.2, 0) is 10.2 Å². The van der Waals surface area contributed by atoms with Crippen LogP contribution in [0.5, 0.6) is 0 Å². The molecule has 0 atom stereocenters. The molecule has 2 rings (SSSR count). The van der Waals surface area contributed by atoms with Gasteiger partial charge in [-0.25, -0.2) is 0 Å². The van der Waals surface area contributed by atoms with Crippen LogP contribution in [0.25, 0.3) is 21.2 Å². The van der Waals surface area contributed by atoms with Crippen LogP contribution in [0.15, 0.2) is 46.4 Å². The molecule has 0 saturated carbocycles. The molecule has 0 radical (unpaired) electrons. The van der Waals surface area contributed by atoms with Gasteiger partial charge in [0.15, 0.2) is 0 Å². The maximum atomic E-state index is 13.0. The van der Waals surface area contributed by atoms with Crippen LogP contribution in [0.4, 0.5) is 9.57 Å². The number of rotatable bonds is 2. The Morgan fingerprint density at radius 1 is 1.24 bits per heavy atom. The van der Waals surface area contributed by atoms with Crippen molar-refractivity contribution in [1.29, 1.82) is 0 Å². The van der Waals surface area contributed by atoms with Crippen molar-refractivity contribution < 1.29 is 12.3 Å². The Bertz CT molecular complexity index is 736. The van der Waals surface area contributed by atoms with Gasteiger partial charge in [-0.3, -0.25) is 0 Å². The summed E-state index contributed by atoms with van der Waals surface area (Å²) in [7, 11) is -4.76. The summed E-state index contributed by atoms with van der Waals surface area (Å²) in [4.78, 5) is 2.23. The van der Waals surface area contributed by atoms with Crippen molar-refractivity contribution in [1.82, 2.24) is 0 Å². The van der Waals surface area contributed by atoms with Crippen molar-refractivity contribution in [2.24, 2.45) is 5.11 Å². The quantitative estimate of drug-likeness (QED) is 0.354. The molecule has 0 aliphatic heterocycles. The minimum Gasteiger partial charge on any atom is -0.189 e. The van der Waals surface area contributed by atoms with Gasteiger partial charge >= 0.3 is 10.2 Å². The first-order chi connectivity index (χ1) is 8.02. The molecule has 7 heteroatoms. The molecule has 0 saturated heterocycles. The summed E-state index contributed by atoms with van der Waals surface area (Å²) in [6.07, 6.45) is 0. The highest BCUT2D eigenvalue weighted by Gasteiger charge is 2.15. The molecule has 5 nitrogen and oxygen atoms in total. The van der Waals surface area contributed by atoms with E-state index in [1.807, 2.05) is 0 Å². The molecule has 2 aromatic rings. The van der Waals surface area contributed by atoms with Gasteiger partial charge in [-0.1, -0.05) is 29.4 Å². The summed E-state index contributed by atoms with van der Waals surface area (Å²) in [5.74, 6) is 0. The predicted molar refractivity (Wildman–Crippen MR) is 61.0 cm³/mol. The molecule has 86 valence electrons. The highest BCUT2D eigenvalue weighted by Crippen LogP contribution is 2.27. The van der Waals surface area contributed by atoms with Crippen molar-refractivity contribution in [3.8, 4) is 0 Å². The summed E-state index contributed by atoms with van der Waals surface area (Å²) in [5.41, 5.74) is 8.62. The van der Waals surface area contributed by atoms with E-state index < -0.39 is 10.2 Å². The second-order valence-electron chi connectivity index (χ2n) is 3.29. The molecule has 0 N–H and O–H groups in total. The molecule has 0 aromatic heterocycles. The monoisotopic (exact) mass is 251 g/mol. The number of fused-ring (bicyclic) bond motifs is 1. The summed E-state index contributed by atoms with van der Waals surface area (Å²) in [6, 6.07) is 8.55. The fourth-order valence-electron chi connectivity index (χ4n) is 1.57. The van der Waals surface area contributed by atoms with Crippen LogP contribution in [0.2, 0.25) is 0 Å². The molecule has 0 aliphatic carbocycles. The van der Waals surface area contributed by atoms with E-state index in [9.17, 15) is 12.3 Å². The lowest BCUT2D eigenvalue weighted by Crippen LogP contribution is -1.92. The van der Waals surface area contributed by atoms with Gasteiger partial charge in [-0.05, 0) is 23.1 Å². The third kappa shape index (κ3) is 2.20. The standard InChI is InChI=1S/C10H6FN3O2S/c11-17(15,16)10-3-1-2-7-6-8(13-14-12)4-5-9(7)10/h1-6H. The lowest BCUT2D eigenvalue weighted by atomic mass is 10.1. The summed E-state index contributed by atoms with van der Waals surface area (Å²) in [5, 5.41) is 4.14. The van der Waals surface area contributed by atoms with Gasteiger partial charge in [0.05, 0.1) is 0 Å². The van der Waals surface area contributed by atoms with Crippen LogP contribution < -0.4 is 0 Å². The zero-order valence-corrected chi connectivity index (χ0v) is 9.22. The van der Waals surface area contributed by atoms with Gasteiger partial charge in [0.25, 0.3) is 0 Å². The molecule has 0 fully saturated rings. The van der Waals surface area contributed by atoms with Crippen LogP contribution in [0.1, 0.15) is 0 Å². The molecular formula is C10H6FN3O2S. The average Bonchev–Trinajstić information content (AvgIpc) is 2.27. The van der Waals surface area contributed by atoms with E-state index in [-0.39, 0.29) is 10.3 Å². The van der Waals surface area contributed by atoms with Gasteiger partial charge in [0.2, 0.25) is 0 Å². The van der Waals surface area contributed by atoms with E-state index >= 15 is 0 Å². The van der Waals surface area contributed by atoms with Crippen molar-refractivity contribution >= 4 is 26.7 Å². The fraction of sp³-hybridized carbons (Fsp3) is 0. The average molecular weight is 251 g/mol. The molecular weight excluding hydrogens is 245 g/mol.